The molecular weight excluding hydrogens is 384 g/mol. The number of para-hydroxylation sites is 1. The van der Waals surface area contributed by atoms with Crippen LogP contribution < -0.4 is 10.1 Å². The number of ether oxygens (including phenoxy) is 1. The molecule has 6 bridgehead atoms. The molecule has 7 rings (SSSR count). The molecule has 0 spiro atoms. The van der Waals surface area contributed by atoms with Gasteiger partial charge in [0.2, 0.25) is 5.91 Å². The Kier molecular flexibility index (Phi) is 5.05. The van der Waals surface area contributed by atoms with Gasteiger partial charge in [0.1, 0.15) is 5.75 Å². The zero-order chi connectivity index (χ0) is 21.0. The van der Waals surface area contributed by atoms with E-state index in [1.165, 1.54) is 63.4 Å². The van der Waals surface area contributed by atoms with E-state index >= 15 is 0 Å². The monoisotopic (exact) mass is 422 g/mol. The van der Waals surface area contributed by atoms with E-state index in [2.05, 4.69) is 34.5 Å². The van der Waals surface area contributed by atoms with Crippen LogP contribution in [0.5, 0.6) is 5.75 Å². The maximum atomic E-state index is 13.6. The molecule has 1 aromatic rings. The number of hydrogen-bond donors (Lipinski definition) is 1. The lowest BCUT2D eigenvalue weighted by molar-refractivity contribution is -0.147. The van der Waals surface area contributed by atoms with Crippen molar-refractivity contribution in [2.24, 2.45) is 23.2 Å². The van der Waals surface area contributed by atoms with Crippen LogP contribution in [0.3, 0.4) is 0 Å². The molecule has 2 saturated heterocycles. The molecule has 2 heterocycles. The summed E-state index contributed by atoms with van der Waals surface area (Å²) in [6.07, 6.45) is 13.8. The first-order valence-corrected chi connectivity index (χ1v) is 12.8. The Morgan fingerprint density at radius 3 is 2.23 bits per heavy atom. The Balaban J connectivity index is 1.14. The summed E-state index contributed by atoms with van der Waals surface area (Å²) in [5.74, 6) is 3.92. The number of benzene rings is 1. The Hall–Kier alpha value is -1.55. The molecule has 0 unspecified atom stereocenters. The first kappa shape index (κ1) is 20.1. The third-order valence-corrected chi connectivity index (χ3v) is 9.53. The predicted octanol–water partition coefficient (Wildman–Crippen LogP) is 4.91. The molecule has 2 atom stereocenters. The second-order valence-electron chi connectivity index (χ2n) is 11.6. The molecular formula is C27H38N2O2. The molecule has 6 aliphatic rings. The molecule has 4 saturated carbocycles. The van der Waals surface area contributed by atoms with Gasteiger partial charge in [-0.05, 0) is 88.0 Å². The summed E-state index contributed by atoms with van der Waals surface area (Å²) < 4.78 is 5.62. The van der Waals surface area contributed by atoms with Crippen LogP contribution >= 0.6 is 0 Å². The molecule has 4 nitrogen and oxygen atoms in total. The number of nitrogens with zero attached hydrogens (tertiary/aromatic N) is 1. The minimum atomic E-state index is -0.0155. The van der Waals surface area contributed by atoms with Crippen LogP contribution in [0.15, 0.2) is 24.3 Å². The summed E-state index contributed by atoms with van der Waals surface area (Å²) in [5.41, 5.74) is 1.27. The van der Waals surface area contributed by atoms with Gasteiger partial charge < -0.3 is 10.1 Å². The van der Waals surface area contributed by atoms with Crippen molar-refractivity contribution in [2.75, 3.05) is 7.11 Å². The normalized spacial score (nSPS) is 41.2. The average Bonchev–Trinajstić information content (AvgIpc) is 2.73. The Morgan fingerprint density at radius 1 is 1.00 bits per heavy atom. The van der Waals surface area contributed by atoms with Crippen molar-refractivity contribution in [3.05, 3.63) is 29.8 Å². The molecule has 0 radical (unpaired) electrons. The lowest BCUT2D eigenvalue weighted by atomic mass is 9.49. The van der Waals surface area contributed by atoms with E-state index in [4.69, 9.17) is 4.74 Å². The van der Waals surface area contributed by atoms with E-state index in [0.29, 0.717) is 24.0 Å². The fraction of sp³-hybridized carbons (Fsp3) is 0.741. The zero-order valence-electron chi connectivity index (χ0n) is 19.0. The first-order chi connectivity index (χ1) is 15.1. The summed E-state index contributed by atoms with van der Waals surface area (Å²) in [6, 6.07) is 9.98. The fourth-order valence-corrected chi connectivity index (χ4v) is 8.61. The molecule has 6 fully saturated rings. The van der Waals surface area contributed by atoms with Crippen LogP contribution in [0.25, 0.3) is 0 Å². The molecule has 168 valence electrons. The largest absolute Gasteiger partial charge is 0.496 e. The maximum absolute atomic E-state index is 13.6. The third kappa shape index (κ3) is 3.59. The second-order valence-corrected chi connectivity index (χ2v) is 11.6. The highest BCUT2D eigenvalue weighted by Gasteiger charge is 2.55. The van der Waals surface area contributed by atoms with Crippen molar-refractivity contribution in [3.8, 4) is 5.75 Å². The van der Waals surface area contributed by atoms with Gasteiger partial charge in [0.25, 0.3) is 0 Å². The lowest BCUT2D eigenvalue weighted by Crippen LogP contribution is -2.60. The van der Waals surface area contributed by atoms with Crippen molar-refractivity contribution < 1.29 is 9.53 Å². The van der Waals surface area contributed by atoms with Gasteiger partial charge in [-0.15, -0.1) is 0 Å². The van der Waals surface area contributed by atoms with Gasteiger partial charge in [0, 0.05) is 35.6 Å². The van der Waals surface area contributed by atoms with Crippen molar-refractivity contribution in [3.63, 3.8) is 0 Å². The second kappa shape index (κ2) is 7.79. The minimum Gasteiger partial charge on any atom is -0.496 e. The number of methoxy groups -OCH3 is 1. The van der Waals surface area contributed by atoms with Gasteiger partial charge >= 0.3 is 0 Å². The number of nitrogens with one attached hydrogen (secondary N) is 1. The van der Waals surface area contributed by atoms with Crippen LogP contribution in [0.2, 0.25) is 0 Å². The fourth-order valence-electron chi connectivity index (χ4n) is 8.61. The van der Waals surface area contributed by atoms with Crippen LogP contribution in [-0.4, -0.2) is 36.0 Å². The van der Waals surface area contributed by atoms with Gasteiger partial charge in [-0.1, -0.05) is 24.6 Å². The molecule has 1 N–H and O–H groups in total. The number of piperidine rings is 2. The van der Waals surface area contributed by atoms with Crippen molar-refractivity contribution in [1.82, 2.24) is 10.2 Å². The molecule has 1 amide bonds. The van der Waals surface area contributed by atoms with Crippen molar-refractivity contribution in [2.45, 2.75) is 95.3 Å². The summed E-state index contributed by atoms with van der Waals surface area (Å²) in [4.78, 5) is 16.3. The van der Waals surface area contributed by atoms with E-state index in [1.807, 2.05) is 0 Å². The molecule has 1 aromatic carbocycles. The molecule has 4 heteroatoms. The van der Waals surface area contributed by atoms with Crippen LogP contribution in [0.4, 0.5) is 0 Å². The van der Waals surface area contributed by atoms with E-state index in [9.17, 15) is 4.79 Å². The number of rotatable bonds is 5. The zero-order valence-corrected chi connectivity index (χ0v) is 19.0. The summed E-state index contributed by atoms with van der Waals surface area (Å²) in [5, 5.41) is 3.62. The number of hydrogen-bond acceptors (Lipinski definition) is 3. The molecule has 4 aliphatic carbocycles. The SMILES string of the molecule is COc1ccccc1CN1[C@@H]2CCC[C@@H]1CC(NC(=O)C13CC4CC(CC(C4)C1)C3)C2. The van der Waals surface area contributed by atoms with Gasteiger partial charge in [0.05, 0.1) is 7.11 Å². The Bertz CT molecular complexity index is 787. The molecule has 0 aromatic heterocycles. The van der Waals surface area contributed by atoms with Crippen LogP contribution in [0.1, 0.15) is 76.2 Å². The van der Waals surface area contributed by atoms with Crippen molar-refractivity contribution in [1.29, 1.82) is 0 Å². The van der Waals surface area contributed by atoms with Gasteiger partial charge in [-0.3, -0.25) is 9.69 Å². The summed E-state index contributed by atoms with van der Waals surface area (Å²) >= 11 is 0. The molecule has 2 aliphatic heterocycles. The van der Waals surface area contributed by atoms with Gasteiger partial charge in [0.15, 0.2) is 0 Å². The third-order valence-electron chi connectivity index (χ3n) is 9.53. The van der Waals surface area contributed by atoms with Crippen LogP contribution in [-0.2, 0) is 11.3 Å². The Labute approximate surface area is 187 Å². The van der Waals surface area contributed by atoms with E-state index in [-0.39, 0.29) is 5.41 Å². The van der Waals surface area contributed by atoms with Crippen molar-refractivity contribution >= 4 is 5.91 Å². The number of amides is 1. The Morgan fingerprint density at radius 2 is 1.61 bits per heavy atom. The van der Waals surface area contributed by atoms with E-state index < -0.39 is 0 Å². The molecule has 31 heavy (non-hydrogen) atoms. The van der Waals surface area contributed by atoms with Crippen LogP contribution in [0, 0.1) is 23.2 Å². The summed E-state index contributed by atoms with van der Waals surface area (Å²) in [7, 11) is 1.77. The number of fused-ring (bicyclic) bond motifs is 2. The smallest absolute Gasteiger partial charge is 0.226 e. The standard InChI is InChI=1S/C27H38N2O2/c1-31-25-8-3-2-5-21(25)17-29-23-6-4-7-24(29)13-22(12-23)28-26(30)27-14-18-9-19(15-27)11-20(10-18)16-27/h2-3,5,8,18-20,22-24H,4,6-7,9-17H2,1H3,(H,28,30)/t18?,19?,20?,23-,24-,27?/m1/s1. The maximum Gasteiger partial charge on any atom is 0.226 e. The van der Waals surface area contributed by atoms with Gasteiger partial charge in [-0.2, -0.15) is 0 Å². The first-order valence-electron chi connectivity index (χ1n) is 12.8. The predicted molar refractivity (Wildman–Crippen MR) is 122 cm³/mol. The summed E-state index contributed by atoms with van der Waals surface area (Å²) in [6.45, 7) is 0.967. The number of carbonyl (C=O) groups excluding carboxylic acids is 1. The highest BCUT2D eigenvalue weighted by Crippen LogP contribution is 2.60. The highest BCUT2D eigenvalue weighted by atomic mass is 16.5. The minimum absolute atomic E-state index is 0.0155. The average molecular weight is 423 g/mol. The lowest BCUT2D eigenvalue weighted by Gasteiger charge is -2.56. The topological polar surface area (TPSA) is 41.6 Å². The van der Waals surface area contributed by atoms with Gasteiger partial charge in [-0.25, -0.2) is 0 Å². The number of carbonyl (C=O) groups is 1. The van der Waals surface area contributed by atoms with E-state index in [1.54, 1.807) is 7.11 Å². The van der Waals surface area contributed by atoms with E-state index in [0.717, 1.165) is 42.9 Å². The quantitative estimate of drug-likeness (QED) is 0.733. The highest BCUT2D eigenvalue weighted by molar-refractivity contribution is 5.83.